The van der Waals surface area contributed by atoms with Gasteiger partial charge in [0, 0.05) is 5.69 Å². The number of carbonyl (C=O) groups excluding carboxylic acids is 3. The van der Waals surface area contributed by atoms with Crippen molar-refractivity contribution in [2.24, 2.45) is 0 Å². The third-order valence-electron chi connectivity index (χ3n) is 4.31. The van der Waals surface area contributed by atoms with E-state index in [1.54, 1.807) is 0 Å². The van der Waals surface area contributed by atoms with E-state index in [4.69, 9.17) is 27.9 Å². The lowest BCUT2D eigenvalue weighted by atomic mass is 10.2. The molecule has 0 fully saturated rings. The first-order valence-corrected chi connectivity index (χ1v) is 9.87. The van der Waals surface area contributed by atoms with Gasteiger partial charge in [-0.3, -0.25) is 9.59 Å². The number of hydrogen-bond acceptors (Lipinski definition) is 5. The zero-order valence-corrected chi connectivity index (χ0v) is 17.4. The molecule has 0 saturated heterocycles. The number of halogens is 3. The number of unbranched alkanes of at least 4 members (excludes halogenated alkanes) is 1. The van der Waals surface area contributed by atoms with E-state index in [0.29, 0.717) is 17.9 Å². The van der Waals surface area contributed by atoms with Crippen LogP contribution in [0.3, 0.4) is 0 Å². The fourth-order valence-corrected chi connectivity index (χ4v) is 3.10. The molecule has 2 aromatic rings. The number of hydrogen-bond donors (Lipinski definition) is 1. The summed E-state index contributed by atoms with van der Waals surface area (Å²) < 4.78 is 18.5. The molecule has 6 nitrogen and oxygen atoms in total. The number of anilines is 2. The molecule has 30 heavy (non-hydrogen) atoms. The fourth-order valence-electron chi connectivity index (χ4n) is 2.70. The van der Waals surface area contributed by atoms with E-state index < -0.39 is 23.6 Å². The van der Waals surface area contributed by atoms with Crippen molar-refractivity contribution in [2.75, 3.05) is 16.8 Å². The van der Waals surface area contributed by atoms with Crippen LogP contribution in [0.25, 0.3) is 0 Å². The second-order valence-corrected chi connectivity index (χ2v) is 7.21. The normalized spacial score (nSPS) is 13.8. The van der Waals surface area contributed by atoms with Crippen molar-refractivity contribution in [1.29, 1.82) is 0 Å². The maximum Gasteiger partial charge on any atom is 0.338 e. The summed E-state index contributed by atoms with van der Waals surface area (Å²) >= 11 is 11.8. The molecule has 0 aliphatic carbocycles. The Hall–Kier alpha value is -2.90. The molecular formula is C21H17Cl2FN2O4. The molecule has 0 bridgehead atoms. The third-order valence-corrected chi connectivity index (χ3v) is 4.95. The smallest absolute Gasteiger partial charge is 0.338 e. The topological polar surface area (TPSA) is 75.7 Å². The Morgan fingerprint density at radius 2 is 1.80 bits per heavy atom. The first-order valence-electron chi connectivity index (χ1n) is 9.11. The number of amides is 2. The van der Waals surface area contributed by atoms with Crippen LogP contribution in [0.2, 0.25) is 5.02 Å². The lowest BCUT2D eigenvalue weighted by Crippen LogP contribution is -2.32. The zero-order valence-electron chi connectivity index (χ0n) is 15.9. The number of nitrogens with one attached hydrogen (secondary N) is 1. The molecule has 0 spiro atoms. The van der Waals surface area contributed by atoms with Crippen LogP contribution in [-0.4, -0.2) is 24.4 Å². The van der Waals surface area contributed by atoms with Gasteiger partial charge in [-0.25, -0.2) is 14.1 Å². The molecule has 1 N–H and O–H groups in total. The van der Waals surface area contributed by atoms with Crippen LogP contribution in [0.5, 0.6) is 0 Å². The van der Waals surface area contributed by atoms with Crippen molar-refractivity contribution < 1.29 is 23.5 Å². The van der Waals surface area contributed by atoms with E-state index in [0.717, 1.165) is 23.8 Å². The number of ether oxygens (including phenoxy) is 1. The predicted molar refractivity (Wildman–Crippen MR) is 112 cm³/mol. The third kappa shape index (κ3) is 4.47. The van der Waals surface area contributed by atoms with E-state index in [2.05, 4.69) is 5.32 Å². The summed E-state index contributed by atoms with van der Waals surface area (Å²) in [4.78, 5) is 38.2. The second kappa shape index (κ2) is 9.28. The van der Waals surface area contributed by atoms with E-state index >= 15 is 0 Å². The van der Waals surface area contributed by atoms with Gasteiger partial charge in [-0.15, -0.1) is 0 Å². The molecule has 0 atom stereocenters. The number of benzene rings is 2. The minimum Gasteiger partial charge on any atom is -0.462 e. The highest BCUT2D eigenvalue weighted by molar-refractivity contribution is 6.53. The Kier molecular flexibility index (Phi) is 6.74. The first-order chi connectivity index (χ1) is 14.3. The maximum absolute atomic E-state index is 13.3. The molecule has 156 valence electrons. The molecule has 0 unspecified atom stereocenters. The monoisotopic (exact) mass is 450 g/mol. The average Bonchev–Trinajstić information content (AvgIpc) is 2.94. The number of esters is 1. The van der Waals surface area contributed by atoms with E-state index in [-0.39, 0.29) is 21.4 Å². The Bertz CT molecular complexity index is 1040. The molecule has 1 aliphatic rings. The van der Waals surface area contributed by atoms with Gasteiger partial charge in [0.05, 0.1) is 22.9 Å². The van der Waals surface area contributed by atoms with Gasteiger partial charge >= 0.3 is 5.97 Å². The molecule has 1 aliphatic heterocycles. The summed E-state index contributed by atoms with van der Waals surface area (Å²) in [6, 6.07) is 9.58. The minimum absolute atomic E-state index is 0.147. The molecular weight excluding hydrogens is 434 g/mol. The van der Waals surface area contributed by atoms with Crippen LogP contribution < -0.4 is 10.2 Å². The van der Waals surface area contributed by atoms with Gasteiger partial charge in [-0.2, -0.15) is 0 Å². The zero-order chi connectivity index (χ0) is 21.8. The Morgan fingerprint density at radius 3 is 2.43 bits per heavy atom. The van der Waals surface area contributed by atoms with E-state index in [1.807, 2.05) is 6.92 Å². The summed E-state index contributed by atoms with van der Waals surface area (Å²) in [5.41, 5.74) is 0.671. The minimum atomic E-state index is -0.726. The van der Waals surface area contributed by atoms with Gasteiger partial charge in [-0.1, -0.05) is 36.5 Å². The molecule has 9 heteroatoms. The predicted octanol–water partition coefficient (Wildman–Crippen LogP) is 4.87. The second-order valence-electron chi connectivity index (χ2n) is 6.42. The number of carbonyl (C=O) groups is 3. The Morgan fingerprint density at radius 1 is 1.10 bits per heavy atom. The quantitative estimate of drug-likeness (QED) is 0.369. The van der Waals surface area contributed by atoms with Crippen molar-refractivity contribution in [1.82, 2.24) is 0 Å². The van der Waals surface area contributed by atoms with Crippen molar-refractivity contribution in [3.05, 3.63) is 69.6 Å². The lowest BCUT2D eigenvalue weighted by Gasteiger charge is -2.15. The average molecular weight is 451 g/mol. The molecule has 0 radical (unpaired) electrons. The molecule has 3 rings (SSSR count). The number of nitrogens with zero attached hydrogens (tertiary/aromatic N) is 1. The summed E-state index contributed by atoms with van der Waals surface area (Å²) in [6.45, 7) is 2.31. The first kappa shape index (κ1) is 21.8. The molecule has 0 saturated carbocycles. The van der Waals surface area contributed by atoms with Gasteiger partial charge < -0.3 is 10.1 Å². The van der Waals surface area contributed by atoms with Crippen LogP contribution >= 0.6 is 23.2 Å². The van der Waals surface area contributed by atoms with Gasteiger partial charge in [0.15, 0.2) is 0 Å². The van der Waals surface area contributed by atoms with Crippen molar-refractivity contribution >= 4 is 52.4 Å². The van der Waals surface area contributed by atoms with E-state index in [1.165, 1.54) is 36.4 Å². The Labute approximate surface area is 182 Å². The SMILES string of the molecule is CCCCOC(=O)c1ccc(N2C(=O)C(Cl)=C(Nc3ccc(F)c(Cl)c3)C2=O)cc1. The van der Waals surface area contributed by atoms with Crippen LogP contribution in [-0.2, 0) is 14.3 Å². The number of imide groups is 1. The van der Waals surface area contributed by atoms with Gasteiger partial charge in [0.1, 0.15) is 16.5 Å². The maximum atomic E-state index is 13.3. The summed E-state index contributed by atoms with van der Waals surface area (Å²) in [5, 5.41) is 2.24. The standard InChI is InChI=1S/C21H17Cl2FN2O4/c1-2-3-10-30-21(29)12-4-7-14(8-5-12)26-19(27)17(23)18(20(26)28)25-13-6-9-16(24)15(22)11-13/h4-9,11,25H,2-3,10H2,1H3. The lowest BCUT2D eigenvalue weighted by molar-refractivity contribution is -0.120. The largest absolute Gasteiger partial charge is 0.462 e. The van der Waals surface area contributed by atoms with Gasteiger partial charge in [0.25, 0.3) is 11.8 Å². The highest BCUT2D eigenvalue weighted by atomic mass is 35.5. The van der Waals surface area contributed by atoms with Crippen LogP contribution in [0.1, 0.15) is 30.1 Å². The summed E-state index contributed by atoms with van der Waals surface area (Å²) in [7, 11) is 0. The van der Waals surface area contributed by atoms with Crippen molar-refractivity contribution in [3.63, 3.8) is 0 Å². The molecule has 2 aromatic carbocycles. The molecule has 1 heterocycles. The molecule has 2 amide bonds. The fraction of sp³-hybridized carbons (Fsp3) is 0.190. The van der Waals surface area contributed by atoms with Crippen LogP contribution in [0, 0.1) is 5.82 Å². The molecule has 0 aromatic heterocycles. The van der Waals surface area contributed by atoms with Crippen molar-refractivity contribution in [2.45, 2.75) is 19.8 Å². The van der Waals surface area contributed by atoms with Crippen LogP contribution in [0.15, 0.2) is 53.2 Å². The highest BCUT2D eigenvalue weighted by Gasteiger charge is 2.39. The Balaban J connectivity index is 1.76. The number of rotatable bonds is 7. The van der Waals surface area contributed by atoms with Crippen LogP contribution in [0.4, 0.5) is 15.8 Å². The van der Waals surface area contributed by atoms with Crippen molar-refractivity contribution in [3.8, 4) is 0 Å². The van der Waals surface area contributed by atoms with E-state index in [9.17, 15) is 18.8 Å². The van der Waals surface area contributed by atoms with Gasteiger partial charge in [-0.05, 0) is 48.9 Å². The van der Waals surface area contributed by atoms with Gasteiger partial charge in [0.2, 0.25) is 0 Å². The summed E-state index contributed by atoms with van der Waals surface area (Å²) in [5.74, 6) is -2.52. The summed E-state index contributed by atoms with van der Waals surface area (Å²) in [6.07, 6.45) is 1.67. The highest BCUT2D eigenvalue weighted by Crippen LogP contribution is 2.31.